The summed E-state index contributed by atoms with van der Waals surface area (Å²) in [7, 11) is 0. The molecule has 15 heavy (non-hydrogen) atoms. The maximum Gasteiger partial charge on any atom is 0.328 e. The van der Waals surface area contributed by atoms with Gasteiger partial charge >= 0.3 is 5.97 Å². The Morgan fingerprint density at radius 2 is 1.47 bits per heavy atom. The highest BCUT2D eigenvalue weighted by atomic mass is 16.4. The Bertz CT molecular complexity index is 406. The van der Waals surface area contributed by atoms with Gasteiger partial charge in [0.05, 0.1) is 0 Å². The van der Waals surface area contributed by atoms with Crippen LogP contribution in [-0.4, -0.2) is 23.6 Å². The molecule has 0 atom stereocenters. The van der Waals surface area contributed by atoms with Gasteiger partial charge in [0, 0.05) is 17.2 Å². The molecule has 4 nitrogen and oxygen atoms in total. The minimum atomic E-state index is -1.08. The normalized spacial score (nSPS) is 10.1. The van der Waals surface area contributed by atoms with Gasteiger partial charge in [0.2, 0.25) is 0 Å². The summed E-state index contributed by atoms with van der Waals surface area (Å²) in [5.74, 6) is -1.08. The van der Waals surface area contributed by atoms with E-state index in [1.165, 1.54) is 24.3 Å². The van der Waals surface area contributed by atoms with E-state index in [2.05, 4.69) is 0 Å². The summed E-state index contributed by atoms with van der Waals surface area (Å²) >= 11 is 0. The van der Waals surface area contributed by atoms with Gasteiger partial charge in [-0.05, 0) is 29.8 Å². The number of carbonyl (C=O) groups excluding carboxylic acids is 2. The molecule has 0 aliphatic heterocycles. The molecule has 0 amide bonds. The molecule has 1 N–H and O–H groups in total. The van der Waals surface area contributed by atoms with Crippen molar-refractivity contribution in [3.05, 3.63) is 41.0 Å². The summed E-state index contributed by atoms with van der Waals surface area (Å²) in [6.07, 6.45) is 3.47. The highest BCUT2D eigenvalue weighted by molar-refractivity contribution is 5.88. The summed E-state index contributed by atoms with van der Waals surface area (Å²) < 4.78 is 0. The molecule has 1 rings (SSSR count). The lowest BCUT2D eigenvalue weighted by Crippen LogP contribution is -1.89. The molecule has 1 aromatic carbocycles. The monoisotopic (exact) mass is 204 g/mol. The van der Waals surface area contributed by atoms with Gasteiger partial charge in [0.15, 0.2) is 0 Å². The maximum atomic E-state index is 10.5. The fourth-order valence-electron chi connectivity index (χ4n) is 1.10. The van der Waals surface area contributed by atoms with E-state index in [9.17, 15) is 14.4 Å². The molecule has 0 heterocycles. The van der Waals surface area contributed by atoms with Gasteiger partial charge in [-0.15, -0.1) is 0 Å². The van der Waals surface area contributed by atoms with Crippen LogP contribution in [0.3, 0.4) is 0 Å². The number of hydrogen-bond acceptors (Lipinski definition) is 3. The van der Waals surface area contributed by atoms with Gasteiger partial charge in [-0.2, -0.15) is 0 Å². The van der Waals surface area contributed by atoms with Crippen molar-refractivity contribution in [2.45, 2.75) is 0 Å². The zero-order chi connectivity index (χ0) is 11.3. The third-order valence-corrected chi connectivity index (χ3v) is 1.69. The molecule has 0 radical (unpaired) electrons. The Morgan fingerprint density at radius 3 is 1.87 bits per heavy atom. The van der Waals surface area contributed by atoms with E-state index in [0.717, 1.165) is 6.08 Å². The third-order valence-electron chi connectivity index (χ3n) is 1.69. The van der Waals surface area contributed by atoms with E-state index < -0.39 is 5.97 Å². The lowest BCUT2D eigenvalue weighted by molar-refractivity contribution is -0.131. The predicted molar refractivity (Wildman–Crippen MR) is 53.9 cm³/mol. The summed E-state index contributed by atoms with van der Waals surface area (Å²) in [6.45, 7) is 0. The first-order valence-corrected chi connectivity index (χ1v) is 4.12. The molecule has 0 saturated heterocycles. The predicted octanol–water partition coefficient (Wildman–Crippen LogP) is 1.41. The van der Waals surface area contributed by atoms with Crippen molar-refractivity contribution < 1.29 is 19.5 Å². The van der Waals surface area contributed by atoms with Crippen molar-refractivity contribution in [2.24, 2.45) is 0 Å². The largest absolute Gasteiger partial charge is 0.478 e. The molecule has 0 bridgehead atoms. The molecule has 4 heteroatoms. The second-order valence-electron chi connectivity index (χ2n) is 2.84. The standard InChI is InChI=1S/C11H8O4/c12-6-9-3-8(1-2-11(14)15)4-10(5-9)7-13/h1-7H,(H,14,15). The van der Waals surface area contributed by atoms with Gasteiger partial charge in [-0.1, -0.05) is 0 Å². The van der Waals surface area contributed by atoms with Gasteiger partial charge < -0.3 is 5.11 Å². The second kappa shape index (κ2) is 4.85. The number of hydrogen-bond donors (Lipinski definition) is 1. The summed E-state index contributed by atoms with van der Waals surface area (Å²) in [5.41, 5.74) is 1.18. The smallest absolute Gasteiger partial charge is 0.328 e. The molecule has 0 fully saturated rings. The zero-order valence-corrected chi connectivity index (χ0v) is 7.71. The first kappa shape index (κ1) is 10.8. The van der Waals surface area contributed by atoms with Crippen LogP contribution in [0.25, 0.3) is 6.08 Å². The van der Waals surface area contributed by atoms with Gasteiger partial charge in [-0.3, -0.25) is 9.59 Å². The first-order valence-electron chi connectivity index (χ1n) is 4.12. The van der Waals surface area contributed by atoms with Gasteiger partial charge in [0.25, 0.3) is 0 Å². The lowest BCUT2D eigenvalue weighted by Gasteiger charge is -1.97. The Kier molecular flexibility index (Phi) is 3.51. The van der Waals surface area contributed by atoms with E-state index >= 15 is 0 Å². The molecule has 0 unspecified atom stereocenters. The van der Waals surface area contributed by atoms with E-state index in [4.69, 9.17) is 5.11 Å². The number of carboxylic acids is 1. The Labute approximate surface area is 85.8 Å². The highest BCUT2D eigenvalue weighted by Crippen LogP contribution is 2.09. The summed E-state index contributed by atoms with van der Waals surface area (Å²) in [5, 5.41) is 8.40. The van der Waals surface area contributed by atoms with E-state index in [0.29, 0.717) is 29.3 Å². The van der Waals surface area contributed by atoms with Crippen LogP contribution in [0.1, 0.15) is 26.3 Å². The van der Waals surface area contributed by atoms with E-state index in [1.54, 1.807) is 0 Å². The van der Waals surface area contributed by atoms with E-state index in [1.807, 2.05) is 0 Å². The van der Waals surface area contributed by atoms with Crippen molar-refractivity contribution in [2.75, 3.05) is 0 Å². The topological polar surface area (TPSA) is 71.4 Å². The molecule has 0 spiro atoms. The number of aldehydes is 2. The fraction of sp³-hybridized carbons (Fsp3) is 0. The molecular formula is C11H8O4. The van der Waals surface area contributed by atoms with Crippen LogP contribution in [0, 0.1) is 0 Å². The van der Waals surface area contributed by atoms with Gasteiger partial charge in [0.1, 0.15) is 12.6 Å². The van der Waals surface area contributed by atoms with Crippen LogP contribution in [-0.2, 0) is 4.79 Å². The average molecular weight is 204 g/mol. The quantitative estimate of drug-likeness (QED) is 0.594. The Balaban J connectivity index is 3.12. The van der Waals surface area contributed by atoms with Crippen LogP contribution in [0.4, 0.5) is 0 Å². The SMILES string of the molecule is O=Cc1cc(C=O)cc(C=CC(=O)O)c1. The molecule has 0 aromatic heterocycles. The average Bonchev–Trinajstić information content (AvgIpc) is 2.25. The molecule has 1 aromatic rings. The van der Waals surface area contributed by atoms with Crippen LogP contribution in [0.2, 0.25) is 0 Å². The number of benzene rings is 1. The number of carboxylic acid groups (broad SMARTS) is 1. The van der Waals surface area contributed by atoms with E-state index in [-0.39, 0.29) is 0 Å². The van der Waals surface area contributed by atoms with Gasteiger partial charge in [-0.25, -0.2) is 4.79 Å². The zero-order valence-electron chi connectivity index (χ0n) is 7.71. The van der Waals surface area contributed by atoms with Crippen molar-refractivity contribution >= 4 is 24.6 Å². The number of aliphatic carboxylic acids is 1. The number of rotatable bonds is 4. The summed E-state index contributed by atoms with van der Waals surface area (Å²) in [4.78, 5) is 31.3. The van der Waals surface area contributed by atoms with Crippen LogP contribution < -0.4 is 0 Å². The fourth-order valence-corrected chi connectivity index (χ4v) is 1.10. The van der Waals surface area contributed by atoms with Crippen molar-refractivity contribution in [3.63, 3.8) is 0 Å². The second-order valence-corrected chi connectivity index (χ2v) is 2.84. The minimum Gasteiger partial charge on any atom is -0.478 e. The molecular weight excluding hydrogens is 196 g/mol. The molecule has 0 aliphatic carbocycles. The van der Waals surface area contributed by atoms with Crippen LogP contribution >= 0.6 is 0 Å². The van der Waals surface area contributed by atoms with Crippen molar-refractivity contribution in [3.8, 4) is 0 Å². The molecule has 0 aliphatic rings. The van der Waals surface area contributed by atoms with Crippen molar-refractivity contribution in [1.29, 1.82) is 0 Å². The number of carbonyl (C=O) groups is 3. The highest BCUT2D eigenvalue weighted by Gasteiger charge is 1.98. The van der Waals surface area contributed by atoms with Crippen LogP contribution in [0.5, 0.6) is 0 Å². The lowest BCUT2D eigenvalue weighted by atomic mass is 10.1. The Hall–Kier alpha value is -2.23. The first-order chi connectivity index (χ1) is 7.15. The third kappa shape index (κ3) is 3.19. The summed E-state index contributed by atoms with van der Waals surface area (Å²) in [6, 6.07) is 4.43. The van der Waals surface area contributed by atoms with Crippen molar-refractivity contribution in [1.82, 2.24) is 0 Å². The van der Waals surface area contributed by atoms with Crippen LogP contribution in [0.15, 0.2) is 24.3 Å². The minimum absolute atomic E-state index is 0.338. The molecule has 0 saturated carbocycles. The maximum absolute atomic E-state index is 10.5. The molecule has 76 valence electrons. The Morgan fingerprint density at radius 1 is 1.00 bits per heavy atom.